The van der Waals surface area contributed by atoms with Crippen molar-refractivity contribution in [2.24, 2.45) is 0 Å². The van der Waals surface area contributed by atoms with Crippen molar-refractivity contribution in [1.82, 2.24) is 0 Å². The van der Waals surface area contributed by atoms with E-state index in [2.05, 4.69) is 15.9 Å². The third-order valence-electron chi connectivity index (χ3n) is 4.72. The molecule has 5 nitrogen and oxygen atoms in total. The number of halogens is 1. The van der Waals surface area contributed by atoms with E-state index in [9.17, 15) is 9.90 Å². The van der Waals surface area contributed by atoms with Crippen molar-refractivity contribution in [2.75, 3.05) is 26.3 Å². The first-order valence-electron chi connectivity index (χ1n) is 8.56. The van der Waals surface area contributed by atoms with Gasteiger partial charge in [0.15, 0.2) is 5.76 Å². The Hall–Kier alpha value is -2.15. The van der Waals surface area contributed by atoms with E-state index in [0.717, 1.165) is 23.1 Å². The van der Waals surface area contributed by atoms with Gasteiger partial charge in [0.1, 0.15) is 25.4 Å². The summed E-state index contributed by atoms with van der Waals surface area (Å²) in [6.07, 6.45) is 1.71. The number of ketones is 1. The molecule has 2 aromatic rings. The van der Waals surface area contributed by atoms with Crippen LogP contribution in [0.4, 0.5) is 0 Å². The van der Waals surface area contributed by atoms with Crippen LogP contribution >= 0.6 is 15.9 Å². The summed E-state index contributed by atoms with van der Waals surface area (Å²) in [5.41, 5.74) is 1.89. The average molecular weight is 416 g/mol. The van der Waals surface area contributed by atoms with E-state index in [0.29, 0.717) is 36.6 Å². The molecule has 1 saturated heterocycles. The highest BCUT2D eigenvalue weighted by atomic mass is 79.9. The number of morpholine rings is 1. The number of rotatable bonds is 3. The SMILES string of the molecule is O=C1C(=Cc2ccccc2Br)Oc2c1ccc([O-])c2C[NH+]1CCOCC1. The zero-order valence-corrected chi connectivity index (χ0v) is 15.7. The van der Waals surface area contributed by atoms with E-state index in [1.165, 1.54) is 11.0 Å². The summed E-state index contributed by atoms with van der Waals surface area (Å²) < 4.78 is 12.1. The number of ether oxygens (including phenoxy) is 2. The molecule has 26 heavy (non-hydrogen) atoms. The second-order valence-electron chi connectivity index (χ2n) is 6.42. The van der Waals surface area contributed by atoms with Crippen molar-refractivity contribution in [3.63, 3.8) is 0 Å². The number of benzene rings is 2. The molecule has 0 saturated carbocycles. The summed E-state index contributed by atoms with van der Waals surface area (Å²) in [5, 5.41) is 12.4. The van der Waals surface area contributed by atoms with E-state index in [1.54, 1.807) is 12.1 Å². The Kier molecular flexibility index (Phi) is 4.80. The van der Waals surface area contributed by atoms with Crippen LogP contribution in [0.25, 0.3) is 6.08 Å². The fraction of sp³-hybridized carbons (Fsp3) is 0.250. The van der Waals surface area contributed by atoms with Crippen LogP contribution in [0, 0.1) is 0 Å². The first-order valence-corrected chi connectivity index (χ1v) is 9.36. The Morgan fingerprint density at radius 2 is 1.92 bits per heavy atom. The molecule has 0 unspecified atom stereocenters. The van der Waals surface area contributed by atoms with Crippen LogP contribution in [-0.2, 0) is 11.3 Å². The molecule has 0 atom stereocenters. The maximum atomic E-state index is 12.7. The van der Waals surface area contributed by atoms with Crippen LogP contribution < -0.4 is 14.7 Å². The summed E-state index contributed by atoms with van der Waals surface area (Å²) in [4.78, 5) is 14.0. The second kappa shape index (κ2) is 7.23. The average Bonchev–Trinajstić information content (AvgIpc) is 2.96. The summed E-state index contributed by atoms with van der Waals surface area (Å²) in [5.74, 6) is 0.391. The van der Waals surface area contributed by atoms with Gasteiger partial charge in [-0.2, -0.15) is 0 Å². The minimum Gasteiger partial charge on any atom is -0.872 e. The molecule has 0 radical (unpaired) electrons. The van der Waals surface area contributed by atoms with E-state index >= 15 is 0 Å². The van der Waals surface area contributed by atoms with E-state index in [-0.39, 0.29) is 17.3 Å². The molecule has 0 amide bonds. The zero-order chi connectivity index (χ0) is 18.1. The molecule has 0 aliphatic carbocycles. The van der Waals surface area contributed by atoms with Crippen molar-refractivity contribution in [3.8, 4) is 11.5 Å². The quantitative estimate of drug-likeness (QED) is 0.772. The fourth-order valence-electron chi connectivity index (χ4n) is 3.28. The lowest BCUT2D eigenvalue weighted by Gasteiger charge is -2.26. The molecule has 1 N–H and O–H groups in total. The van der Waals surface area contributed by atoms with E-state index in [4.69, 9.17) is 9.47 Å². The molecular weight excluding hydrogens is 398 g/mol. The molecule has 134 valence electrons. The van der Waals surface area contributed by atoms with Crippen LogP contribution in [-0.4, -0.2) is 32.1 Å². The lowest BCUT2D eigenvalue weighted by molar-refractivity contribution is -0.921. The highest BCUT2D eigenvalue weighted by Crippen LogP contribution is 2.38. The minimum absolute atomic E-state index is 0.0855. The van der Waals surface area contributed by atoms with Gasteiger partial charge < -0.3 is 19.5 Å². The molecule has 2 aliphatic rings. The standard InChI is InChI=1S/C20H18BrNO4/c21-16-4-2-1-3-13(16)11-18-19(24)14-5-6-17(23)15(20(14)26-18)12-22-7-9-25-10-8-22/h1-6,11,23H,7-10,12H2. The van der Waals surface area contributed by atoms with Gasteiger partial charge >= 0.3 is 0 Å². The lowest BCUT2D eigenvalue weighted by atomic mass is 10.0. The molecule has 6 heteroatoms. The molecule has 2 aliphatic heterocycles. The van der Waals surface area contributed by atoms with Gasteiger partial charge in [-0.15, -0.1) is 0 Å². The molecule has 2 aromatic carbocycles. The Labute approximate surface area is 160 Å². The second-order valence-corrected chi connectivity index (χ2v) is 7.27. The van der Waals surface area contributed by atoms with Gasteiger partial charge in [0.2, 0.25) is 5.78 Å². The summed E-state index contributed by atoms with van der Waals surface area (Å²) in [6.45, 7) is 3.60. The predicted octanol–water partition coefficient (Wildman–Crippen LogP) is 1.55. The van der Waals surface area contributed by atoms with Crippen molar-refractivity contribution < 1.29 is 24.3 Å². The molecule has 4 rings (SSSR count). The first-order chi connectivity index (χ1) is 12.6. The predicted molar refractivity (Wildman–Crippen MR) is 98.2 cm³/mol. The minimum atomic E-state index is -0.186. The Bertz CT molecular complexity index is 887. The third-order valence-corrected chi connectivity index (χ3v) is 5.44. The van der Waals surface area contributed by atoms with Crippen molar-refractivity contribution in [2.45, 2.75) is 6.54 Å². The summed E-state index contributed by atoms with van der Waals surface area (Å²) in [6, 6.07) is 10.6. The molecule has 2 heterocycles. The number of carbonyl (C=O) groups is 1. The lowest BCUT2D eigenvalue weighted by Crippen LogP contribution is -3.12. The largest absolute Gasteiger partial charge is 0.872 e. The first kappa shape index (κ1) is 17.3. The van der Waals surface area contributed by atoms with Gasteiger partial charge in [-0.25, -0.2) is 0 Å². The van der Waals surface area contributed by atoms with Crippen molar-refractivity contribution in [3.05, 3.63) is 63.3 Å². The maximum absolute atomic E-state index is 12.7. The number of hydrogen-bond donors (Lipinski definition) is 1. The molecule has 0 spiro atoms. The molecular formula is C20H18BrNO4. The van der Waals surface area contributed by atoms with Crippen LogP contribution in [0.5, 0.6) is 11.5 Å². The zero-order valence-electron chi connectivity index (χ0n) is 14.1. The van der Waals surface area contributed by atoms with Gasteiger partial charge in [-0.1, -0.05) is 45.9 Å². The fourth-order valence-corrected chi connectivity index (χ4v) is 3.68. The van der Waals surface area contributed by atoms with Crippen molar-refractivity contribution >= 4 is 27.8 Å². The van der Waals surface area contributed by atoms with E-state index in [1.807, 2.05) is 24.3 Å². The van der Waals surface area contributed by atoms with Crippen LogP contribution in [0.3, 0.4) is 0 Å². The Balaban J connectivity index is 1.67. The van der Waals surface area contributed by atoms with Crippen LogP contribution in [0.1, 0.15) is 21.5 Å². The number of carbonyl (C=O) groups excluding carboxylic acids is 1. The van der Waals surface area contributed by atoms with Crippen molar-refractivity contribution in [1.29, 1.82) is 0 Å². The highest BCUT2D eigenvalue weighted by Gasteiger charge is 2.31. The van der Waals surface area contributed by atoms with Gasteiger partial charge in [0, 0.05) is 10.0 Å². The maximum Gasteiger partial charge on any atom is 0.231 e. The van der Waals surface area contributed by atoms with Gasteiger partial charge in [-0.3, -0.25) is 4.79 Å². The number of Topliss-reactive ketones (excluding diaryl/α,β-unsaturated/α-hetero) is 1. The van der Waals surface area contributed by atoms with Crippen LogP contribution in [0.2, 0.25) is 0 Å². The molecule has 0 bridgehead atoms. The van der Waals surface area contributed by atoms with Crippen LogP contribution in [0.15, 0.2) is 46.6 Å². The smallest absolute Gasteiger partial charge is 0.231 e. The Morgan fingerprint density at radius 3 is 2.69 bits per heavy atom. The van der Waals surface area contributed by atoms with Gasteiger partial charge in [0.25, 0.3) is 0 Å². The highest BCUT2D eigenvalue weighted by molar-refractivity contribution is 9.10. The number of hydrogen-bond acceptors (Lipinski definition) is 4. The Morgan fingerprint density at radius 1 is 1.15 bits per heavy atom. The number of fused-ring (bicyclic) bond motifs is 1. The summed E-state index contributed by atoms with van der Waals surface area (Å²) >= 11 is 3.47. The van der Waals surface area contributed by atoms with Gasteiger partial charge in [-0.05, 0) is 23.8 Å². The number of allylic oxidation sites excluding steroid dienone is 1. The normalized spacial score (nSPS) is 18.8. The summed E-state index contributed by atoms with van der Waals surface area (Å²) in [7, 11) is 0. The molecule has 1 fully saturated rings. The topological polar surface area (TPSA) is 63.0 Å². The number of nitrogens with one attached hydrogen (secondary N) is 1. The number of quaternary nitrogens is 1. The monoisotopic (exact) mass is 415 g/mol. The third kappa shape index (κ3) is 3.28. The van der Waals surface area contributed by atoms with E-state index < -0.39 is 0 Å². The van der Waals surface area contributed by atoms with Gasteiger partial charge in [0.05, 0.1) is 18.8 Å². The molecule has 0 aromatic heterocycles.